The normalized spacial score (nSPS) is 38.6. The summed E-state index contributed by atoms with van der Waals surface area (Å²) in [6.07, 6.45) is 5.15. The van der Waals surface area contributed by atoms with Crippen LogP contribution < -0.4 is 9.62 Å². The van der Waals surface area contributed by atoms with Gasteiger partial charge in [-0.25, -0.2) is 13.1 Å². The summed E-state index contributed by atoms with van der Waals surface area (Å²) in [6.45, 7) is 6.66. The van der Waals surface area contributed by atoms with Gasteiger partial charge in [-0.1, -0.05) is 45.0 Å². The number of carboxylic acids is 1. The van der Waals surface area contributed by atoms with Crippen molar-refractivity contribution in [3.05, 3.63) is 36.4 Å². The summed E-state index contributed by atoms with van der Waals surface area (Å²) >= 11 is 0. The maximum absolute atomic E-state index is 14.5. The van der Waals surface area contributed by atoms with E-state index in [0.717, 1.165) is 36.8 Å². The number of fused-ring (bicyclic) bond motifs is 6. The number of nitrogens with one attached hydrogen (secondary N) is 1. The van der Waals surface area contributed by atoms with E-state index in [9.17, 15) is 28.5 Å². The first-order chi connectivity index (χ1) is 21.2. The maximum Gasteiger partial charge on any atom is 0.303 e. The van der Waals surface area contributed by atoms with Gasteiger partial charge in [-0.05, 0) is 110 Å². The third-order valence-corrected chi connectivity index (χ3v) is 14.9. The highest BCUT2D eigenvalue weighted by atomic mass is 32.2. The number of nitrogens with zero attached hydrogens (tertiary/aromatic N) is 1. The third kappa shape index (κ3) is 5.39. The number of rotatable bonds is 8. The summed E-state index contributed by atoms with van der Waals surface area (Å²) in [5, 5.41) is 33.7. The molecule has 4 saturated carbocycles. The minimum absolute atomic E-state index is 0.0497. The van der Waals surface area contributed by atoms with E-state index in [1.807, 2.05) is 49.3 Å². The zero-order valence-corrected chi connectivity index (χ0v) is 28.3. The van der Waals surface area contributed by atoms with Crippen LogP contribution in [0.25, 0.3) is 10.8 Å². The molecule has 9 heteroatoms. The Labute approximate surface area is 268 Å². The van der Waals surface area contributed by atoms with Crippen molar-refractivity contribution >= 4 is 32.5 Å². The molecule has 248 valence electrons. The lowest BCUT2D eigenvalue weighted by molar-refractivity contribution is -0.182. The average Bonchev–Trinajstić information content (AvgIpc) is 3.34. The molecule has 2 aromatic carbocycles. The van der Waals surface area contributed by atoms with Crippen LogP contribution in [0.5, 0.6) is 0 Å². The Balaban J connectivity index is 1.40. The molecule has 0 bridgehead atoms. The first-order valence-electron chi connectivity index (χ1n) is 17.0. The van der Waals surface area contributed by atoms with Gasteiger partial charge in [0, 0.05) is 43.0 Å². The van der Waals surface area contributed by atoms with Gasteiger partial charge in [-0.15, -0.1) is 0 Å². The summed E-state index contributed by atoms with van der Waals surface area (Å²) in [5.74, 6) is -0.0108. The van der Waals surface area contributed by atoms with Crippen molar-refractivity contribution in [1.82, 2.24) is 4.72 Å². The standard InChI is InChI=1S/C36H52N2O6S/c1-21(12-15-33(41)42)26-13-14-27-34-28(20-32(40)36(26,27)3)35(2)17-16-23(39)18-22(35)19-29(34)37-45(43,44)31-11-7-8-24-25(31)9-6-10-30(24)38(4)5/h6-11,21-23,26-29,32,34,37,39-40H,12-20H2,1-5H3,(H,41,42)/t21-,22+,23-,26-,27+,28+,29-,32+,34+,35+,36-/m1/s1. The molecule has 0 saturated heterocycles. The third-order valence-electron chi connectivity index (χ3n) is 13.3. The molecule has 8 nitrogen and oxygen atoms in total. The van der Waals surface area contributed by atoms with E-state index >= 15 is 0 Å². The molecule has 4 N–H and O–H groups in total. The van der Waals surface area contributed by atoms with Crippen LogP contribution in [-0.4, -0.2) is 62.1 Å². The molecule has 0 heterocycles. The van der Waals surface area contributed by atoms with Crippen molar-refractivity contribution in [1.29, 1.82) is 0 Å². The van der Waals surface area contributed by atoms with Crippen LogP contribution in [0.1, 0.15) is 78.6 Å². The Hall–Kier alpha value is -2.20. The molecule has 0 aromatic heterocycles. The van der Waals surface area contributed by atoms with E-state index in [-0.39, 0.29) is 64.4 Å². The minimum Gasteiger partial charge on any atom is -0.481 e. The zero-order valence-electron chi connectivity index (χ0n) is 27.4. The van der Waals surface area contributed by atoms with Gasteiger partial charge in [0.15, 0.2) is 0 Å². The molecule has 4 aliphatic carbocycles. The van der Waals surface area contributed by atoms with Crippen LogP contribution in [-0.2, 0) is 14.8 Å². The van der Waals surface area contributed by atoms with Gasteiger partial charge in [-0.3, -0.25) is 4.79 Å². The lowest BCUT2D eigenvalue weighted by Crippen LogP contribution is -2.65. The molecule has 0 unspecified atom stereocenters. The predicted octanol–water partition coefficient (Wildman–Crippen LogP) is 5.65. The van der Waals surface area contributed by atoms with Crippen LogP contribution in [0.4, 0.5) is 5.69 Å². The Bertz CT molecular complexity index is 1550. The molecule has 45 heavy (non-hydrogen) atoms. The number of benzene rings is 2. The van der Waals surface area contributed by atoms with E-state index in [0.29, 0.717) is 31.1 Å². The van der Waals surface area contributed by atoms with Crippen LogP contribution in [0.15, 0.2) is 41.3 Å². The number of carbonyl (C=O) groups is 1. The number of anilines is 1. The van der Waals surface area contributed by atoms with Gasteiger partial charge in [0.1, 0.15) is 0 Å². The molecule has 4 fully saturated rings. The van der Waals surface area contributed by atoms with Gasteiger partial charge in [0.05, 0.1) is 17.1 Å². The molecular weight excluding hydrogens is 588 g/mol. The molecule has 11 atom stereocenters. The summed E-state index contributed by atoms with van der Waals surface area (Å²) in [7, 11) is -0.00708. The number of aliphatic hydroxyl groups is 2. The number of hydrogen-bond donors (Lipinski definition) is 4. The monoisotopic (exact) mass is 640 g/mol. The van der Waals surface area contributed by atoms with Gasteiger partial charge in [0.25, 0.3) is 0 Å². The number of hydrogen-bond acceptors (Lipinski definition) is 6. The Morgan fingerprint density at radius 3 is 2.42 bits per heavy atom. The van der Waals surface area contributed by atoms with Crippen molar-refractivity contribution in [2.45, 2.75) is 102 Å². The van der Waals surface area contributed by atoms with Crippen molar-refractivity contribution in [2.75, 3.05) is 19.0 Å². The highest BCUT2D eigenvalue weighted by Gasteiger charge is 2.66. The molecule has 0 aliphatic heterocycles. The van der Waals surface area contributed by atoms with E-state index in [1.54, 1.807) is 6.07 Å². The topological polar surface area (TPSA) is 127 Å². The van der Waals surface area contributed by atoms with Crippen LogP contribution in [0.2, 0.25) is 0 Å². The van der Waals surface area contributed by atoms with Gasteiger partial charge in [-0.2, -0.15) is 0 Å². The highest BCUT2D eigenvalue weighted by Crippen LogP contribution is 2.68. The quantitative estimate of drug-likeness (QED) is 0.294. The molecule has 6 rings (SSSR count). The summed E-state index contributed by atoms with van der Waals surface area (Å²) in [4.78, 5) is 13.7. The van der Waals surface area contributed by atoms with Crippen LogP contribution in [0, 0.1) is 46.3 Å². The smallest absolute Gasteiger partial charge is 0.303 e. The Kier molecular flexibility index (Phi) is 8.58. The van der Waals surface area contributed by atoms with Gasteiger partial charge < -0.3 is 20.2 Å². The molecule has 0 spiro atoms. The van der Waals surface area contributed by atoms with Gasteiger partial charge >= 0.3 is 5.97 Å². The summed E-state index contributed by atoms with van der Waals surface area (Å²) in [6, 6.07) is 10.9. The molecule has 0 amide bonds. The first kappa shape index (κ1) is 32.7. The number of aliphatic carboxylic acids is 1. The average molecular weight is 641 g/mol. The Morgan fingerprint density at radius 2 is 1.71 bits per heavy atom. The Morgan fingerprint density at radius 1 is 1.00 bits per heavy atom. The van der Waals surface area contributed by atoms with E-state index in [4.69, 9.17) is 0 Å². The van der Waals surface area contributed by atoms with Crippen molar-refractivity contribution < 1.29 is 28.5 Å². The number of carboxylic acid groups (broad SMARTS) is 1. The number of aliphatic hydroxyl groups excluding tert-OH is 2. The van der Waals surface area contributed by atoms with E-state index in [2.05, 4.69) is 25.5 Å². The molecule has 4 aliphatic rings. The molecular formula is C36H52N2O6S. The van der Waals surface area contributed by atoms with Gasteiger partial charge in [0.2, 0.25) is 10.0 Å². The second-order valence-corrected chi connectivity index (χ2v) is 17.3. The maximum atomic E-state index is 14.5. The van der Waals surface area contributed by atoms with E-state index < -0.39 is 27.5 Å². The number of sulfonamides is 1. The minimum atomic E-state index is -3.92. The van der Waals surface area contributed by atoms with Crippen molar-refractivity contribution in [3.63, 3.8) is 0 Å². The SMILES string of the molecule is C[C@H](CCC(=O)O)[C@H]1CC[C@H]2[C@@H]3[C@H](NS(=O)(=O)c4cccc5c(N(C)C)cccc45)C[C@@H]4C[C@H](O)CC[C@]4(C)[C@H]3C[C@H](O)[C@]12C. The largest absolute Gasteiger partial charge is 0.481 e. The first-order valence-corrected chi connectivity index (χ1v) is 18.5. The second-order valence-electron chi connectivity index (χ2n) is 15.6. The lowest BCUT2D eigenvalue weighted by Gasteiger charge is -2.64. The van der Waals surface area contributed by atoms with Crippen LogP contribution in [0.3, 0.4) is 0 Å². The second kappa shape index (κ2) is 11.8. The fourth-order valence-corrected chi connectivity index (χ4v) is 12.5. The fraction of sp³-hybridized carbons (Fsp3) is 0.694. The predicted molar refractivity (Wildman–Crippen MR) is 176 cm³/mol. The van der Waals surface area contributed by atoms with E-state index in [1.165, 1.54) is 0 Å². The lowest BCUT2D eigenvalue weighted by atomic mass is 9.42. The summed E-state index contributed by atoms with van der Waals surface area (Å²) in [5.41, 5.74) is 0.460. The molecule has 2 aromatic rings. The highest BCUT2D eigenvalue weighted by molar-refractivity contribution is 7.89. The molecule has 0 radical (unpaired) electrons. The van der Waals surface area contributed by atoms with Crippen molar-refractivity contribution in [2.24, 2.45) is 46.3 Å². The van der Waals surface area contributed by atoms with Crippen LogP contribution >= 0.6 is 0 Å². The fourth-order valence-electron chi connectivity index (χ4n) is 11.0. The zero-order chi connectivity index (χ0) is 32.5. The summed E-state index contributed by atoms with van der Waals surface area (Å²) < 4.78 is 32.2. The van der Waals surface area contributed by atoms with Crippen molar-refractivity contribution in [3.8, 4) is 0 Å².